The van der Waals surface area contributed by atoms with Crippen LogP contribution in [-0.2, 0) is 9.53 Å². The number of phenolic OH excluding ortho intramolecular Hbond substituents is 1. The summed E-state index contributed by atoms with van der Waals surface area (Å²) in [6, 6.07) is 3.36. The zero-order valence-electron chi connectivity index (χ0n) is 17.8. The third-order valence-corrected chi connectivity index (χ3v) is 5.75. The summed E-state index contributed by atoms with van der Waals surface area (Å²) in [4.78, 5) is 27.1. The maximum absolute atomic E-state index is 12.9. The Morgan fingerprint density at radius 1 is 1.10 bits per heavy atom. The van der Waals surface area contributed by atoms with Crippen molar-refractivity contribution in [2.24, 2.45) is 5.92 Å². The molecule has 0 aliphatic carbocycles. The van der Waals surface area contributed by atoms with Gasteiger partial charge in [-0.25, -0.2) is 4.79 Å². The van der Waals surface area contributed by atoms with Gasteiger partial charge in [0.25, 0.3) is 0 Å². The number of benzene rings is 1. The van der Waals surface area contributed by atoms with Gasteiger partial charge in [0, 0.05) is 43.9 Å². The summed E-state index contributed by atoms with van der Waals surface area (Å²) in [6.07, 6.45) is 2.48. The number of rotatable bonds is 1. The van der Waals surface area contributed by atoms with E-state index in [1.165, 1.54) is 12.2 Å². The van der Waals surface area contributed by atoms with Gasteiger partial charge in [-0.3, -0.25) is 4.79 Å². The van der Waals surface area contributed by atoms with Crippen molar-refractivity contribution in [3.05, 3.63) is 41.5 Å². The molecule has 31 heavy (non-hydrogen) atoms. The van der Waals surface area contributed by atoms with E-state index in [2.05, 4.69) is 10.2 Å². The minimum Gasteiger partial charge on any atom is -0.507 e. The van der Waals surface area contributed by atoms with E-state index in [9.17, 15) is 24.9 Å². The first kappa shape index (κ1) is 23.0. The lowest BCUT2D eigenvalue weighted by Crippen LogP contribution is -2.43. The minimum absolute atomic E-state index is 0.000184. The second kappa shape index (κ2) is 10.1. The number of fused-ring (bicyclic) bond motifs is 1. The van der Waals surface area contributed by atoms with Gasteiger partial charge >= 0.3 is 5.97 Å². The van der Waals surface area contributed by atoms with E-state index >= 15 is 0 Å². The van der Waals surface area contributed by atoms with Crippen LogP contribution in [0.15, 0.2) is 30.4 Å². The van der Waals surface area contributed by atoms with Crippen LogP contribution < -0.4 is 10.2 Å². The summed E-state index contributed by atoms with van der Waals surface area (Å²) in [5.74, 6) is -1.77. The molecule has 8 heteroatoms. The summed E-state index contributed by atoms with van der Waals surface area (Å²) < 4.78 is 5.55. The van der Waals surface area contributed by atoms with Gasteiger partial charge in [0.1, 0.15) is 23.5 Å². The maximum Gasteiger partial charge on any atom is 0.342 e. The molecule has 1 fully saturated rings. The van der Waals surface area contributed by atoms with E-state index in [0.717, 1.165) is 31.9 Å². The van der Waals surface area contributed by atoms with Crippen molar-refractivity contribution in [2.45, 2.75) is 38.6 Å². The lowest BCUT2D eigenvalue weighted by molar-refractivity contribution is -0.127. The molecule has 3 rings (SSSR count). The van der Waals surface area contributed by atoms with E-state index in [1.807, 2.05) is 0 Å². The highest BCUT2D eigenvalue weighted by molar-refractivity contribution is 5.98. The average Bonchev–Trinajstić information content (AvgIpc) is 2.76. The zero-order valence-corrected chi connectivity index (χ0v) is 17.8. The zero-order chi connectivity index (χ0) is 22.5. The van der Waals surface area contributed by atoms with Crippen molar-refractivity contribution in [1.82, 2.24) is 5.32 Å². The molecule has 4 N–H and O–H groups in total. The van der Waals surface area contributed by atoms with E-state index in [4.69, 9.17) is 4.74 Å². The van der Waals surface area contributed by atoms with Gasteiger partial charge in [-0.2, -0.15) is 0 Å². The number of aliphatic hydroxyl groups excluding tert-OH is 2. The third kappa shape index (κ3) is 5.52. The molecule has 1 aromatic carbocycles. The molecule has 0 amide bonds. The highest BCUT2D eigenvalue weighted by Gasteiger charge is 2.26. The van der Waals surface area contributed by atoms with Gasteiger partial charge in [-0.05, 0) is 31.1 Å². The van der Waals surface area contributed by atoms with Gasteiger partial charge in [0.2, 0.25) is 0 Å². The predicted molar refractivity (Wildman–Crippen MR) is 117 cm³/mol. The Morgan fingerprint density at radius 3 is 2.52 bits per heavy atom. The Labute approximate surface area is 181 Å². The Morgan fingerprint density at radius 2 is 1.81 bits per heavy atom. The first-order valence-corrected chi connectivity index (χ1v) is 10.6. The molecule has 0 radical (unpaired) electrons. The molecule has 0 aromatic heterocycles. The summed E-state index contributed by atoms with van der Waals surface area (Å²) in [5, 5.41) is 34.2. The van der Waals surface area contributed by atoms with E-state index in [1.54, 1.807) is 38.1 Å². The molecule has 2 aliphatic heterocycles. The molecule has 0 unspecified atom stereocenters. The second-order valence-corrected chi connectivity index (χ2v) is 8.05. The second-order valence-electron chi connectivity index (χ2n) is 8.05. The van der Waals surface area contributed by atoms with Gasteiger partial charge < -0.3 is 30.3 Å². The Kier molecular flexibility index (Phi) is 7.48. The fourth-order valence-corrected chi connectivity index (χ4v) is 3.58. The number of cyclic esters (lactones) is 1. The lowest BCUT2D eigenvalue weighted by Gasteiger charge is -2.30. The number of carbonyl (C=O) groups excluding carboxylic acids is 2. The monoisotopic (exact) mass is 430 g/mol. The van der Waals surface area contributed by atoms with Crippen molar-refractivity contribution >= 4 is 23.5 Å². The molecule has 2 heterocycles. The van der Waals surface area contributed by atoms with Crippen LogP contribution in [0, 0.1) is 5.92 Å². The van der Waals surface area contributed by atoms with Crippen molar-refractivity contribution in [2.75, 3.05) is 31.1 Å². The summed E-state index contributed by atoms with van der Waals surface area (Å²) in [7, 11) is 0. The van der Waals surface area contributed by atoms with Gasteiger partial charge in [-0.15, -0.1) is 0 Å². The number of anilines is 1. The summed E-state index contributed by atoms with van der Waals surface area (Å²) in [6.45, 7) is 6.62. The number of ketones is 1. The Hall–Kier alpha value is -2.68. The summed E-state index contributed by atoms with van der Waals surface area (Å²) in [5.41, 5.74) is 1.26. The number of ether oxygens (including phenoxy) is 1. The molecule has 0 spiro atoms. The molecular formula is C23H30N2O6. The number of carbonyl (C=O) groups is 2. The molecule has 4 atom stereocenters. The van der Waals surface area contributed by atoms with Crippen LogP contribution in [0.1, 0.15) is 36.2 Å². The Bertz CT molecular complexity index is 875. The number of nitrogens with one attached hydrogen (secondary N) is 1. The van der Waals surface area contributed by atoms with Crippen LogP contribution in [0.5, 0.6) is 5.75 Å². The van der Waals surface area contributed by atoms with Crippen LogP contribution >= 0.6 is 0 Å². The number of nitrogens with zero attached hydrogens (tertiary/aromatic N) is 1. The summed E-state index contributed by atoms with van der Waals surface area (Å²) >= 11 is 0. The molecular weight excluding hydrogens is 400 g/mol. The number of phenols is 1. The lowest BCUT2D eigenvalue weighted by atomic mass is 9.99. The molecule has 1 saturated heterocycles. The molecule has 8 nitrogen and oxygen atoms in total. The van der Waals surface area contributed by atoms with Crippen LogP contribution in [0.25, 0.3) is 6.08 Å². The van der Waals surface area contributed by atoms with Crippen molar-refractivity contribution in [3.63, 3.8) is 0 Å². The number of aromatic hydroxyl groups is 1. The number of hydrogen-bond acceptors (Lipinski definition) is 8. The predicted octanol–water partition coefficient (Wildman–Crippen LogP) is 1.25. The molecule has 0 bridgehead atoms. The van der Waals surface area contributed by atoms with E-state index in [-0.39, 0.29) is 23.7 Å². The largest absolute Gasteiger partial charge is 0.507 e. The number of hydrogen-bond donors (Lipinski definition) is 4. The van der Waals surface area contributed by atoms with E-state index in [0.29, 0.717) is 5.56 Å². The first-order chi connectivity index (χ1) is 14.8. The fourth-order valence-electron chi connectivity index (χ4n) is 3.58. The maximum atomic E-state index is 12.9. The normalized spacial score (nSPS) is 30.1. The molecule has 168 valence electrons. The first-order valence-electron chi connectivity index (χ1n) is 10.6. The van der Waals surface area contributed by atoms with E-state index < -0.39 is 30.1 Å². The van der Waals surface area contributed by atoms with Crippen molar-refractivity contribution in [1.29, 1.82) is 0 Å². The molecule has 2 aliphatic rings. The number of esters is 1. The van der Waals surface area contributed by atoms with Crippen molar-refractivity contribution in [3.8, 4) is 5.75 Å². The van der Waals surface area contributed by atoms with Crippen LogP contribution in [0.4, 0.5) is 5.69 Å². The SMILES string of the molecule is C[C@@H]1/C=C\C(=O)[C@@H](O)[C@@H](O)C/C=C/c2cc(N3CCNCC3)cc(O)c2C(=O)O[C@H]1C. The smallest absolute Gasteiger partial charge is 0.342 e. The third-order valence-electron chi connectivity index (χ3n) is 5.75. The molecule has 1 aromatic rings. The number of aliphatic hydroxyl groups is 2. The Balaban J connectivity index is 2.01. The minimum atomic E-state index is -1.55. The van der Waals surface area contributed by atoms with Crippen molar-refractivity contribution < 1.29 is 29.6 Å². The van der Waals surface area contributed by atoms with Crippen LogP contribution in [-0.4, -0.2) is 71.6 Å². The topological polar surface area (TPSA) is 119 Å². The van der Waals surface area contributed by atoms with Gasteiger partial charge in [0.15, 0.2) is 5.78 Å². The average molecular weight is 431 g/mol. The quantitative estimate of drug-likeness (QED) is 0.492. The highest BCUT2D eigenvalue weighted by atomic mass is 16.5. The standard InChI is InChI=1S/C23H30N2O6/c1-14-6-7-19(27)22(29)18(26)5-3-4-16-12-17(25-10-8-24-9-11-25)13-20(28)21(16)23(30)31-15(14)2/h3-4,6-7,12-15,18,22,24,26,28-29H,5,8-11H2,1-2H3/b4-3+,7-6-/t14-,15+,18+,22+/m1/s1. The van der Waals surface area contributed by atoms with Gasteiger partial charge in [-0.1, -0.05) is 25.2 Å². The highest BCUT2D eigenvalue weighted by Crippen LogP contribution is 2.31. The fraction of sp³-hybridized carbons (Fsp3) is 0.478. The van der Waals surface area contributed by atoms with Crippen LogP contribution in [0.3, 0.4) is 0 Å². The van der Waals surface area contributed by atoms with Gasteiger partial charge in [0.05, 0.1) is 6.10 Å². The number of piperazine rings is 1. The molecule has 0 saturated carbocycles. The van der Waals surface area contributed by atoms with Crippen LogP contribution in [0.2, 0.25) is 0 Å².